The molecule has 0 bridgehead atoms. The van der Waals surface area contributed by atoms with Gasteiger partial charge < -0.3 is 15.7 Å². The molecule has 15 heavy (non-hydrogen) atoms. The molecule has 3 N–H and O–H groups in total. The molecule has 0 radical (unpaired) electrons. The van der Waals surface area contributed by atoms with Crippen molar-refractivity contribution in [3.8, 4) is 0 Å². The largest absolute Gasteiger partial charge is 0.396 e. The van der Waals surface area contributed by atoms with Crippen molar-refractivity contribution in [3.63, 3.8) is 0 Å². The van der Waals surface area contributed by atoms with Crippen molar-refractivity contribution >= 4 is 17.7 Å². The molecular formula is C10H20N2O2S. The normalized spacial score (nSPS) is 23.1. The number of nitrogens with two attached hydrogens (primary N) is 1. The van der Waals surface area contributed by atoms with Gasteiger partial charge in [-0.2, -0.15) is 11.8 Å². The van der Waals surface area contributed by atoms with Crippen LogP contribution in [0.2, 0.25) is 0 Å². The summed E-state index contributed by atoms with van der Waals surface area (Å²) in [4.78, 5) is 13.6. The number of amides is 1. The Labute approximate surface area is 95.2 Å². The van der Waals surface area contributed by atoms with E-state index < -0.39 is 0 Å². The molecule has 88 valence electrons. The van der Waals surface area contributed by atoms with E-state index in [0.29, 0.717) is 6.54 Å². The minimum atomic E-state index is -0.366. The lowest BCUT2D eigenvalue weighted by Crippen LogP contribution is -2.43. The molecule has 0 spiro atoms. The van der Waals surface area contributed by atoms with Crippen LogP contribution >= 0.6 is 11.8 Å². The van der Waals surface area contributed by atoms with Gasteiger partial charge in [0.2, 0.25) is 5.91 Å². The highest BCUT2D eigenvalue weighted by Gasteiger charge is 2.28. The third kappa shape index (κ3) is 3.66. The minimum Gasteiger partial charge on any atom is -0.396 e. The molecule has 0 aromatic carbocycles. The van der Waals surface area contributed by atoms with Crippen molar-refractivity contribution < 1.29 is 9.90 Å². The summed E-state index contributed by atoms with van der Waals surface area (Å²) in [6, 6.07) is -0.366. The summed E-state index contributed by atoms with van der Waals surface area (Å²) in [6.07, 6.45) is 3.65. The first-order valence-electron chi connectivity index (χ1n) is 5.33. The second-order valence-electron chi connectivity index (χ2n) is 4.01. The fraction of sp³-hybridized carbons (Fsp3) is 0.900. The molecule has 1 aliphatic heterocycles. The molecule has 5 heteroatoms. The first-order valence-corrected chi connectivity index (χ1v) is 6.72. The number of hydrogen-bond donors (Lipinski definition) is 2. The summed E-state index contributed by atoms with van der Waals surface area (Å²) >= 11 is 1.70. The number of carbonyl (C=O) groups excluding carboxylic acids is 1. The summed E-state index contributed by atoms with van der Waals surface area (Å²) in [6.45, 7) is 1.59. The third-order valence-electron chi connectivity index (χ3n) is 2.81. The highest BCUT2D eigenvalue weighted by Crippen LogP contribution is 2.16. The number of nitrogens with zero attached hydrogens (tertiary/aromatic N) is 1. The van der Waals surface area contributed by atoms with Crippen molar-refractivity contribution in [1.82, 2.24) is 4.90 Å². The van der Waals surface area contributed by atoms with Crippen LogP contribution in [0, 0.1) is 5.92 Å². The maximum Gasteiger partial charge on any atom is 0.239 e. The molecule has 1 saturated heterocycles. The lowest BCUT2D eigenvalue weighted by molar-refractivity contribution is -0.131. The average Bonchev–Trinajstić information content (AvgIpc) is 2.73. The minimum absolute atomic E-state index is 0.0417. The average molecular weight is 232 g/mol. The van der Waals surface area contributed by atoms with Gasteiger partial charge in [0.1, 0.15) is 0 Å². The molecule has 4 nitrogen and oxygen atoms in total. The lowest BCUT2D eigenvalue weighted by Gasteiger charge is -2.20. The van der Waals surface area contributed by atoms with E-state index in [2.05, 4.69) is 0 Å². The molecule has 1 amide bonds. The molecule has 1 unspecified atom stereocenters. The van der Waals surface area contributed by atoms with Crippen LogP contribution in [0.5, 0.6) is 0 Å². The van der Waals surface area contributed by atoms with Gasteiger partial charge in [-0.15, -0.1) is 0 Å². The number of likely N-dealkylation sites (tertiary alicyclic amines) is 1. The highest BCUT2D eigenvalue weighted by molar-refractivity contribution is 7.98. The fourth-order valence-electron chi connectivity index (χ4n) is 1.78. The molecule has 0 aliphatic carbocycles. The summed E-state index contributed by atoms with van der Waals surface area (Å²) in [5, 5.41) is 8.97. The van der Waals surface area contributed by atoms with Gasteiger partial charge in [-0.05, 0) is 24.9 Å². The van der Waals surface area contributed by atoms with E-state index >= 15 is 0 Å². The van der Waals surface area contributed by atoms with Crippen LogP contribution in [-0.4, -0.2) is 53.7 Å². The van der Waals surface area contributed by atoms with Crippen molar-refractivity contribution in [3.05, 3.63) is 0 Å². The monoisotopic (exact) mass is 232 g/mol. The Kier molecular flexibility index (Phi) is 5.42. The Morgan fingerprint density at radius 2 is 2.47 bits per heavy atom. The van der Waals surface area contributed by atoms with Gasteiger partial charge in [0.15, 0.2) is 0 Å². The van der Waals surface area contributed by atoms with Crippen molar-refractivity contribution in [2.75, 3.05) is 31.7 Å². The summed E-state index contributed by atoms with van der Waals surface area (Å²) in [7, 11) is 0. The first kappa shape index (κ1) is 12.8. The van der Waals surface area contributed by atoms with E-state index in [0.717, 1.165) is 25.1 Å². The predicted octanol–water partition coefficient (Wildman–Crippen LogP) is -0.0924. The van der Waals surface area contributed by atoms with E-state index in [1.807, 2.05) is 6.26 Å². The second kappa shape index (κ2) is 6.35. The van der Waals surface area contributed by atoms with Crippen LogP contribution < -0.4 is 5.73 Å². The highest BCUT2D eigenvalue weighted by atomic mass is 32.2. The molecule has 0 aromatic rings. The molecular weight excluding hydrogens is 212 g/mol. The Balaban J connectivity index is 2.33. The Morgan fingerprint density at radius 3 is 3.00 bits per heavy atom. The third-order valence-corrected chi connectivity index (χ3v) is 3.45. The molecule has 1 heterocycles. The first-order chi connectivity index (χ1) is 7.19. The van der Waals surface area contributed by atoms with Crippen LogP contribution in [0.3, 0.4) is 0 Å². The van der Waals surface area contributed by atoms with Crippen LogP contribution in [0.1, 0.15) is 12.8 Å². The number of hydrogen-bond acceptors (Lipinski definition) is 4. The van der Waals surface area contributed by atoms with Gasteiger partial charge in [-0.25, -0.2) is 0 Å². The predicted molar refractivity (Wildman–Crippen MR) is 62.7 cm³/mol. The molecule has 1 aliphatic rings. The maximum absolute atomic E-state index is 11.8. The number of rotatable bonds is 5. The van der Waals surface area contributed by atoms with Gasteiger partial charge in [0.05, 0.1) is 6.04 Å². The van der Waals surface area contributed by atoms with Gasteiger partial charge in [-0.1, -0.05) is 0 Å². The van der Waals surface area contributed by atoms with E-state index in [9.17, 15) is 4.79 Å². The summed E-state index contributed by atoms with van der Waals surface area (Å²) < 4.78 is 0. The molecule has 1 rings (SSSR count). The summed E-state index contributed by atoms with van der Waals surface area (Å²) in [5.41, 5.74) is 5.80. The number of aliphatic hydroxyl groups excluding tert-OH is 1. The number of thioether (sulfide) groups is 1. The SMILES string of the molecule is CSCC[C@@H](N)C(=O)N1CCC(CO)C1. The van der Waals surface area contributed by atoms with Crippen molar-refractivity contribution in [2.45, 2.75) is 18.9 Å². The molecule has 2 atom stereocenters. The van der Waals surface area contributed by atoms with Crippen LogP contribution in [0.25, 0.3) is 0 Å². The molecule has 0 saturated carbocycles. The molecule has 1 fully saturated rings. The standard InChI is InChI=1S/C10H20N2O2S/c1-15-5-3-9(11)10(14)12-4-2-8(6-12)7-13/h8-9,13H,2-7,11H2,1H3/t8?,9-/m1/s1. The zero-order valence-corrected chi connectivity index (χ0v) is 10.0. The van der Waals surface area contributed by atoms with E-state index in [1.54, 1.807) is 16.7 Å². The Hall–Kier alpha value is -0.260. The molecule has 0 aromatic heterocycles. The number of carbonyl (C=O) groups is 1. The second-order valence-corrected chi connectivity index (χ2v) is 5.00. The van der Waals surface area contributed by atoms with Crippen LogP contribution in [-0.2, 0) is 4.79 Å². The van der Waals surface area contributed by atoms with Crippen molar-refractivity contribution in [2.24, 2.45) is 11.7 Å². The quantitative estimate of drug-likeness (QED) is 0.695. The van der Waals surface area contributed by atoms with E-state index in [4.69, 9.17) is 10.8 Å². The van der Waals surface area contributed by atoms with Crippen LogP contribution in [0.4, 0.5) is 0 Å². The topological polar surface area (TPSA) is 66.6 Å². The zero-order valence-electron chi connectivity index (χ0n) is 9.19. The lowest BCUT2D eigenvalue weighted by atomic mass is 10.1. The van der Waals surface area contributed by atoms with Gasteiger partial charge in [0, 0.05) is 25.6 Å². The van der Waals surface area contributed by atoms with Gasteiger partial charge in [-0.3, -0.25) is 4.79 Å². The zero-order chi connectivity index (χ0) is 11.3. The van der Waals surface area contributed by atoms with Crippen molar-refractivity contribution in [1.29, 1.82) is 0 Å². The number of aliphatic hydroxyl groups is 1. The van der Waals surface area contributed by atoms with Gasteiger partial charge >= 0.3 is 0 Å². The van der Waals surface area contributed by atoms with E-state index in [-0.39, 0.29) is 24.5 Å². The Bertz CT molecular complexity index is 214. The Morgan fingerprint density at radius 1 is 1.73 bits per heavy atom. The summed E-state index contributed by atoms with van der Waals surface area (Å²) in [5.74, 6) is 1.21. The van der Waals surface area contributed by atoms with E-state index in [1.165, 1.54) is 0 Å². The maximum atomic E-state index is 11.8. The fourth-order valence-corrected chi connectivity index (χ4v) is 2.27. The van der Waals surface area contributed by atoms with Gasteiger partial charge in [0.25, 0.3) is 0 Å². The smallest absolute Gasteiger partial charge is 0.239 e. The van der Waals surface area contributed by atoms with Crippen LogP contribution in [0.15, 0.2) is 0 Å².